The van der Waals surface area contributed by atoms with Crippen LogP contribution in [0.3, 0.4) is 0 Å². The molecule has 0 amide bonds. The van der Waals surface area contributed by atoms with Crippen molar-refractivity contribution in [3.05, 3.63) is 60.6 Å². The number of piperidine rings is 1. The number of aromatic nitrogens is 3. The summed E-state index contributed by atoms with van der Waals surface area (Å²) in [5.41, 5.74) is 3.75. The van der Waals surface area contributed by atoms with Crippen LogP contribution in [-0.2, 0) is 14.2 Å². The Kier molecular flexibility index (Phi) is 5.63. The summed E-state index contributed by atoms with van der Waals surface area (Å²) in [5, 5.41) is 4.67. The number of carbonyl (C=O) groups excluding carboxylic acids is 1. The van der Waals surface area contributed by atoms with Gasteiger partial charge in [0.05, 0.1) is 25.5 Å². The van der Waals surface area contributed by atoms with Crippen LogP contribution in [0.25, 0.3) is 16.9 Å². The maximum atomic E-state index is 12.5. The van der Waals surface area contributed by atoms with E-state index in [1.807, 2.05) is 24.3 Å². The summed E-state index contributed by atoms with van der Waals surface area (Å²) in [4.78, 5) is 19.0. The minimum atomic E-state index is -0.396. The molecular formula is C24H26N4O4. The molecule has 2 aliphatic rings. The second kappa shape index (κ2) is 8.72. The minimum absolute atomic E-state index is 0.304. The van der Waals surface area contributed by atoms with E-state index in [1.54, 1.807) is 30.2 Å². The fraction of sp³-hybridized carbons (Fsp3) is 0.375. The van der Waals surface area contributed by atoms with Gasteiger partial charge in [-0.2, -0.15) is 5.10 Å². The molecule has 8 heteroatoms. The smallest absolute Gasteiger partial charge is 0.342 e. The molecule has 2 fully saturated rings. The fourth-order valence-electron chi connectivity index (χ4n) is 4.29. The highest BCUT2D eigenvalue weighted by atomic mass is 16.7. The first-order valence-electron chi connectivity index (χ1n) is 11.0. The molecule has 166 valence electrons. The van der Waals surface area contributed by atoms with Crippen molar-refractivity contribution in [3.8, 4) is 16.9 Å². The van der Waals surface area contributed by atoms with Crippen molar-refractivity contribution in [3.63, 3.8) is 0 Å². The Hall–Kier alpha value is -3.23. The fourth-order valence-corrected chi connectivity index (χ4v) is 4.29. The lowest BCUT2D eigenvalue weighted by Gasteiger charge is -2.38. The van der Waals surface area contributed by atoms with Crippen molar-refractivity contribution >= 4 is 11.7 Å². The normalized spacial score (nSPS) is 17.6. The molecule has 2 aliphatic heterocycles. The zero-order chi connectivity index (χ0) is 22.0. The third kappa shape index (κ3) is 3.99. The van der Waals surface area contributed by atoms with Crippen LogP contribution < -0.4 is 4.90 Å². The molecule has 4 heterocycles. The van der Waals surface area contributed by atoms with Crippen molar-refractivity contribution < 1.29 is 19.0 Å². The Morgan fingerprint density at radius 2 is 1.81 bits per heavy atom. The molecule has 32 heavy (non-hydrogen) atoms. The number of pyridine rings is 1. The van der Waals surface area contributed by atoms with Gasteiger partial charge in [-0.3, -0.25) is 4.98 Å². The first-order valence-corrected chi connectivity index (χ1v) is 11.0. The van der Waals surface area contributed by atoms with Crippen LogP contribution in [0.2, 0.25) is 0 Å². The van der Waals surface area contributed by atoms with Crippen molar-refractivity contribution in [1.82, 2.24) is 14.8 Å². The van der Waals surface area contributed by atoms with Gasteiger partial charge in [-0.1, -0.05) is 0 Å². The van der Waals surface area contributed by atoms with E-state index in [0.29, 0.717) is 31.1 Å². The number of nitrogens with zero attached hydrogens (tertiary/aromatic N) is 4. The predicted octanol–water partition coefficient (Wildman–Crippen LogP) is 3.45. The van der Waals surface area contributed by atoms with Gasteiger partial charge in [0.25, 0.3) is 0 Å². The number of ether oxygens (including phenoxy) is 3. The third-order valence-electron chi connectivity index (χ3n) is 5.96. The number of carbonyl (C=O) groups is 1. The molecule has 2 saturated heterocycles. The first kappa shape index (κ1) is 20.7. The van der Waals surface area contributed by atoms with Crippen LogP contribution >= 0.6 is 0 Å². The van der Waals surface area contributed by atoms with Gasteiger partial charge in [-0.15, -0.1) is 0 Å². The third-order valence-corrected chi connectivity index (χ3v) is 5.96. The van der Waals surface area contributed by atoms with Crippen LogP contribution in [0.4, 0.5) is 5.69 Å². The lowest BCUT2D eigenvalue weighted by atomic mass is 10.0. The van der Waals surface area contributed by atoms with Crippen molar-refractivity contribution in [1.29, 1.82) is 0 Å². The van der Waals surface area contributed by atoms with E-state index in [0.717, 1.165) is 42.9 Å². The lowest BCUT2D eigenvalue weighted by molar-refractivity contribution is -0.169. The van der Waals surface area contributed by atoms with Crippen LogP contribution in [-0.4, -0.2) is 59.4 Å². The van der Waals surface area contributed by atoms with Crippen molar-refractivity contribution in [2.24, 2.45) is 0 Å². The zero-order valence-corrected chi connectivity index (χ0v) is 18.1. The van der Waals surface area contributed by atoms with Crippen LogP contribution in [0.5, 0.6) is 0 Å². The van der Waals surface area contributed by atoms with E-state index in [9.17, 15) is 4.79 Å². The Morgan fingerprint density at radius 3 is 2.47 bits per heavy atom. The lowest BCUT2D eigenvalue weighted by Crippen LogP contribution is -2.45. The monoisotopic (exact) mass is 434 g/mol. The van der Waals surface area contributed by atoms with E-state index in [1.165, 1.54) is 0 Å². The van der Waals surface area contributed by atoms with E-state index in [4.69, 9.17) is 14.2 Å². The quantitative estimate of drug-likeness (QED) is 0.569. The number of esters is 1. The van der Waals surface area contributed by atoms with Gasteiger partial charge in [0, 0.05) is 55.8 Å². The predicted molar refractivity (Wildman–Crippen MR) is 119 cm³/mol. The van der Waals surface area contributed by atoms with E-state index < -0.39 is 5.97 Å². The maximum absolute atomic E-state index is 12.5. The van der Waals surface area contributed by atoms with Crippen molar-refractivity contribution in [2.75, 3.05) is 37.8 Å². The topological polar surface area (TPSA) is 78.7 Å². The van der Waals surface area contributed by atoms with Gasteiger partial charge in [0.15, 0.2) is 5.79 Å². The number of hydrogen-bond donors (Lipinski definition) is 0. The van der Waals surface area contributed by atoms with Gasteiger partial charge in [0.1, 0.15) is 11.3 Å². The maximum Gasteiger partial charge on any atom is 0.342 e. The summed E-state index contributed by atoms with van der Waals surface area (Å²) in [6.45, 7) is 5.25. The van der Waals surface area contributed by atoms with E-state index >= 15 is 0 Å². The summed E-state index contributed by atoms with van der Waals surface area (Å²) in [6, 6.07) is 11.9. The van der Waals surface area contributed by atoms with Gasteiger partial charge >= 0.3 is 5.97 Å². The van der Waals surface area contributed by atoms with Gasteiger partial charge in [-0.25, -0.2) is 9.48 Å². The Labute approximate surface area is 186 Å². The first-order chi connectivity index (χ1) is 15.7. The minimum Gasteiger partial charge on any atom is -0.462 e. The van der Waals surface area contributed by atoms with Crippen LogP contribution in [0, 0.1) is 0 Å². The van der Waals surface area contributed by atoms with E-state index in [2.05, 4.69) is 27.1 Å². The number of hydrogen-bond acceptors (Lipinski definition) is 7. The molecule has 0 unspecified atom stereocenters. The molecular weight excluding hydrogens is 408 g/mol. The molecule has 5 rings (SSSR count). The number of rotatable bonds is 5. The molecule has 0 N–H and O–H groups in total. The van der Waals surface area contributed by atoms with Gasteiger partial charge < -0.3 is 19.1 Å². The van der Waals surface area contributed by atoms with Crippen molar-refractivity contribution in [2.45, 2.75) is 25.6 Å². The number of benzene rings is 1. The molecule has 2 aromatic heterocycles. The molecule has 0 radical (unpaired) electrons. The van der Waals surface area contributed by atoms with Crippen LogP contribution in [0.1, 0.15) is 30.1 Å². The molecule has 0 atom stereocenters. The number of anilines is 1. The highest BCUT2D eigenvalue weighted by molar-refractivity contribution is 5.96. The molecule has 8 nitrogen and oxygen atoms in total. The summed E-state index contributed by atoms with van der Waals surface area (Å²) in [7, 11) is 0. The van der Waals surface area contributed by atoms with Gasteiger partial charge in [0.2, 0.25) is 0 Å². The summed E-state index contributed by atoms with van der Waals surface area (Å²) < 4.78 is 18.6. The second-order valence-electron chi connectivity index (χ2n) is 7.91. The summed E-state index contributed by atoms with van der Waals surface area (Å²) in [5.74, 6) is -0.773. The molecule has 3 aromatic rings. The standard InChI is InChI=1S/C24H26N4O4/c1-2-30-23(29)21-17-28(26-22(21)18-4-3-11-25-16-18)20-7-5-19(6-8-20)27-12-9-24(10-13-27)31-14-15-32-24/h3-8,11,16-17H,2,9-10,12-15H2,1H3. The molecule has 0 bridgehead atoms. The van der Waals surface area contributed by atoms with Gasteiger partial charge in [-0.05, 0) is 43.3 Å². The highest BCUT2D eigenvalue weighted by Crippen LogP contribution is 2.33. The largest absolute Gasteiger partial charge is 0.462 e. The highest BCUT2D eigenvalue weighted by Gasteiger charge is 2.39. The summed E-state index contributed by atoms with van der Waals surface area (Å²) in [6.07, 6.45) is 6.83. The molecule has 0 aliphatic carbocycles. The average Bonchev–Trinajstić information content (AvgIpc) is 3.49. The zero-order valence-electron chi connectivity index (χ0n) is 18.1. The average molecular weight is 434 g/mol. The molecule has 1 spiro atoms. The Bertz CT molecular complexity index is 1070. The Balaban J connectivity index is 1.37. The molecule has 1 aromatic carbocycles. The van der Waals surface area contributed by atoms with E-state index in [-0.39, 0.29) is 5.79 Å². The molecule has 0 saturated carbocycles. The second-order valence-corrected chi connectivity index (χ2v) is 7.91. The van der Waals surface area contributed by atoms with Crippen LogP contribution in [0.15, 0.2) is 55.0 Å². The SMILES string of the molecule is CCOC(=O)c1cn(-c2ccc(N3CCC4(CC3)OCCO4)cc2)nc1-c1cccnc1. The summed E-state index contributed by atoms with van der Waals surface area (Å²) >= 11 is 0. The Morgan fingerprint density at radius 1 is 1.09 bits per heavy atom.